The van der Waals surface area contributed by atoms with Gasteiger partial charge in [-0.25, -0.2) is 4.79 Å². The second-order valence-corrected chi connectivity index (χ2v) is 4.26. The van der Waals surface area contributed by atoms with Crippen LogP contribution in [-0.2, 0) is 4.74 Å². The second-order valence-electron chi connectivity index (χ2n) is 4.26. The number of carbonyl (C=O) groups is 1. The summed E-state index contributed by atoms with van der Waals surface area (Å²) in [6, 6.07) is 0. The minimum absolute atomic E-state index is 0.0179. The average molecular weight is 297 g/mol. The normalized spacial score (nSPS) is 12.9. The lowest BCUT2D eigenvalue weighted by Crippen LogP contribution is -2.30. The Kier molecular flexibility index (Phi) is 15.4. The molecule has 0 rings (SSSR count). The Hall–Kier alpha value is -1.55. The molecule has 0 saturated carbocycles. The van der Waals surface area contributed by atoms with Crippen molar-refractivity contribution < 1.29 is 14.6 Å². The third-order valence-corrected chi connectivity index (χ3v) is 2.75. The van der Waals surface area contributed by atoms with Crippen molar-refractivity contribution in [3.05, 3.63) is 36.0 Å². The number of ether oxygens (including phenoxy) is 1. The second kappa shape index (κ2) is 14.9. The van der Waals surface area contributed by atoms with Crippen molar-refractivity contribution in [3.8, 4) is 0 Å². The van der Waals surface area contributed by atoms with Gasteiger partial charge in [0, 0.05) is 19.6 Å². The molecule has 1 amide bonds. The number of hydrogen-bond donors (Lipinski definition) is 2. The Labute approximate surface area is 129 Å². The van der Waals surface area contributed by atoms with Crippen molar-refractivity contribution in [2.45, 2.75) is 53.6 Å². The first kappa shape index (κ1) is 21.7. The molecule has 0 aliphatic rings. The molecule has 0 aromatic rings. The number of aliphatic hydroxyl groups excluding tert-OH is 1. The van der Waals surface area contributed by atoms with Gasteiger partial charge in [0.2, 0.25) is 0 Å². The predicted octanol–water partition coefficient (Wildman–Crippen LogP) is 3.98. The molecule has 4 heteroatoms. The van der Waals surface area contributed by atoms with Crippen LogP contribution in [0.1, 0.15) is 47.5 Å². The average Bonchev–Trinajstić information content (AvgIpc) is 2.52. The van der Waals surface area contributed by atoms with Crippen LogP contribution in [0.3, 0.4) is 0 Å². The molecule has 0 aromatic carbocycles. The molecule has 4 nitrogen and oxygen atoms in total. The van der Waals surface area contributed by atoms with Crippen LogP contribution in [0.4, 0.5) is 4.79 Å². The van der Waals surface area contributed by atoms with Crippen LogP contribution in [0.25, 0.3) is 0 Å². The van der Waals surface area contributed by atoms with E-state index in [2.05, 4.69) is 11.9 Å². The molecular weight excluding hydrogens is 266 g/mol. The number of rotatable bonds is 8. The van der Waals surface area contributed by atoms with E-state index in [9.17, 15) is 4.79 Å². The highest BCUT2D eigenvalue weighted by Gasteiger charge is 2.11. The number of allylic oxidation sites excluding steroid dienone is 3. The van der Waals surface area contributed by atoms with E-state index in [1.807, 2.05) is 46.8 Å². The Morgan fingerprint density at radius 3 is 2.48 bits per heavy atom. The number of nitrogens with one attached hydrogen (secondary N) is 1. The first-order valence-electron chi connectivity index (χ1n) is 7.58. The summed E-state index contributed by atoms with van der Waals surface area (Å²) in [5, 5.41) is 11.5. The summed E-state index contributed by atoms with van der Waals surface area (Å²) in [7, 11) is 0. The Morgan fingerprint density at radius 1 is 1.43 bits per heavy atom. The van der Waals surface area contributed by atoms with Crippen LogP contribution < -0.4 is 5.32 Å². The van der Waals surface area contributed by atoms with Crippen molar-refractivity contribution in [2.24, 2.45) is 0 Å². The molecule has 1 atom stereocenters. The van der Waals surface area contributed by atoms with E-state index in [-0.39, 0.29) is 12.7 Å². The van der Waals surface area contributed by atoms with Crippen molar-refractivity contribution in [2.75, 3.05) is 13.2 Å². The first-order chi connectivity index (χ1) is 10.1. The smallest absolute Gasteiger partial charge is 0.407 e. The predicted molar refractivity (Wildman–Crippen MR) is 89.3 cm³/mol. The van der Waals surface area contributed by atoms with Gasteiger partial charge in [0.05, 0.1) is 0 Å². The summed E-state index contributed by atoms with van der Waals surface area (Å²) < 4.78 is 5.18. The van der Waals surface area contributed by atoms with E-state index >= 15 is 0 Å². The topological polar surface area (TPSA) is 58.6 Å². The molecule has 0 radical (unpaired) electrons. The fraction of sp³-hybridized carbons (Fsp3) is 0.588. The Morgan fingerprint density at radius 2 is 2.05 bits per heavy atom. The van der Waals surface area contributed by atoms with E-state index in [0.717, 1.165) is 11.1 Å². The number of alkyl carbamates (subject to hydrolysis) is 1. The number of carbonyl (C=O) groups excluding carboxylic acids is 1. The van der Waals surface area contributed by atoms with Crippen molar-refractivity contribution >= 4 is 6.09 Å². The molecule has 0 unspecified atom stereocenters. The van der Waals surface area contributed by atoms with Crippen molar-refractivity contribution in [1.29, 1.82) is 0 Å². The van der Waals surface area contributed by atoms with Crippen LogP contribution in [0.15, 0.2) is 36.0 Å². The highest BCUT2D eigenvalue weighted by atomic mass is 16.6. The van der Waals surface area contributed by atoms with Gasteiger partial charge in [-0.3, -0.25) is 0 Å². The molecule has 21 heavy (non-hydrogen) atoms. The van der Waals surface area contributed by atoms with Gasteiger partial charge >= 0.3 is 6.09 Å². The lowest BCUT2D eigenvalue weighted by molar-refractivity contribution is 0.0788. The van der Waals surface area contributed by atoms with Crippen LogP contribution >= 0.6 is 0 Å². The fourth-order valence-electron chi connectivity index (χ4n) is 1.42. The molecular formula is C17H31NO3. The van der Waals surface area contributed by atoms with Gasteiger partial charge in [0.25, 0.3) is 0 Å². The summed E-state index contributed by atoms with van der Waals surface area (Å²) in [4.78, 5) is 11.6. The molecule has 0 aliphatic heterocycles. The third-order valence-electron chi connectivity index (χ3n) is 2.75. The lowest BCUT2D eigenvalue weighted by atomic mass is 10.1. The summed E-state index contributed by atoms with van der Waals surface area (Å²) in [6.07, 6.45) is 6.10. The SMILES string of the molecule is C=C/C(=C\C(C)=C/C)CNC(=O)O[C@@H](CC)CCO.CC. The Balaban J connectivity index is 0. The van der Waals surface area contributed by atoms with E-state index in [1.165, 1.54) is 0 Å². The molecule has 0 aliphatic carbocycles. The Bertz CT molecular complexity index is 346. The van der Waals surface area contributed by atoms with E-state index in [4.69, 9.17) is 9.84 Å². The molecule has 0 spiro atoms. The first-order valence-corrected chi connectivity index (χ1v) is 7.58. The van der Waals surface area contributed by atoms with E-state index in [1.54, 1.807) is 6.08 Å². The van der Waals surface area contributed by atoms with Gasteiger partial charge in [-0.1, -0.05) is 51.2 Å². The van der Waals surface area contributed by atoms with E-state index in [0.29, 0.717) is 19.4 Å². The van der Waals surface area contributed by atoms with Gasteiger partial charge in [0.1, 0.15) is 6.10 Å². The molecule has 122 valence electrons. The molecule has 0 heterocycles. The number of aliphatic hydroxyl groups is 1. The lowest BCUT2D eigenvalue weighted by Gasteiger charge is -2.15. The molecule has 0 saturated heterocycles. The molecule has 0 fully saturated rings. The summed E-state index contributed by atoms with van der Waals surface area (Å²) in [6.45, 7) is 14.0. The monoisotopic (exact) mass is 297 g/mol. The standard InChI is InChI=1S/C15H25NO3.C2H6/c1-5-12(4)10-13(6-2)11-16-15(18)19-14(7-3)8-9-17;1-2/h5-6,10,14,17H,2,7-9,11H2,1,3-4H3,(H,16,18);1-2H3/b12-5-,13-10+;/t14-;/m0./s1. The van der Waals surface area contributed by atoms with Gasteiger partial charge < -0.3 is 15.2 Å². The molecule has 2 N–H and O–H groups in total. The highest BCUT2D eigenvalue weighted by molar-refractivity contribution is 5.67. The van der Waals surface area contributed by atoms with Crippen molar-refractivity contribution in [3.63, 3.8) is 0 Å². The summed E-state index contributed by atoms with van der Waals surface area (Å²) in [5.41, 5.74) is 2.03. The van der Waals surface area contributed by atoms with Gasteiger partial charge in [-0.2, -0.15) is 0 Å². The fourth-order valence-corrected chi connectivity index (χ4v) is 1.42. The zero-order valence-corrected chi connectivity index (χ0v) is 14.1. The largest absolute Gasteiger partial charge is 0.446 e. The highest BCUT2D eigenvalue weighted by Crippen LogP contribution is 2.05. The minimum Gasteiger partial charge on any atom is -0.446 e. The van der Waals surface area contributed by atoms with Gasteiger partial charge in [0.15, 0.2) is 0 Å². The molecule has 0 bridgehead atoms. The van der Waals surface area contributed by atoms with Crippen LogP contribution in [-0.4, -0.2) is 30.5 Å². The number of amides is 1. The van der Waals surface area contributed by atoms with Crippen molar-refractivity contribution in [1.82, 2.24) is 5.32 Å². The third kappa shape index (κ3) is 11.9. The van der Waals surface area contributed by atoms with Crippen LogP contribution in [0.2, 0.25) is 0 Å². The minimum atomic E-state index is -0.466. The van der Waals surface area contributed by atoms with Crippen LogP contribution in [0.5, 0.6) is 0 Å². The zero-order chi connectivity index (χ0) is 16.7. The quantitative estimate of drug-likeness (QED) is 0.666. The summed E-state index contributed by atoms with van der Waals surface area (Å²) in [5.74, 6) is 0. The van der Waals surface area contributed by atoms with E-state index < -0.39 is 6.09 Å². The maximum absolute atomic E-state index is 11.6. The maximum atomic E-state index is 11.6. The van der Waals surface area contributed by atoms with Crippen LogP contribution in [0, 0.1) is 0 Å². The number of hydrogen-bond acceptors (Lipinski definition) is 3. The van der Waals surface area contributed by atoms with Gasteiger partial charge in [-0.15, -0.1) is 0 Å². The molecule has 0 aromatic heterocycles. The van der Waals surface area contributed by atoms with Gasteiger partial charge in [-0.05, 0) is 25.8 Å². The summed E-state index contributed by atoms with van der Waals surface area (Å²) >= 11 is 0. The maximum Gasteiger partial charge on any atom is 0.407 e. The zero-order valence-electron chi connectivity index (χ0n) is 14.1.